The lowest BCUT2D eigenvalue weighted by Gasteiger charge is -2.19. The van der Waals surface area contributed by atoms with Crippen molar-refractivity contribution in [2.24, 2.45) is 0 Å². The highest BCUT2D eigenvalue weighted by Gasteiger charge is 2.31. The van der Waals surface area contributed by atoms with E-state index in [0.717, 1.165) is 0 Å². The van der Waals surface area contributed by atoms with E-state index in [9.17, 15) is 4.79 Å². The number of carbonyl (C=O) groups excluding carboxylic acids is 1. The van der Waals surface area contributed by atoms with Gasteiger partial charge < -0.3 is 19.9 Å². The number of aromatic amines is 1. The average Bonchev–Trinajstić information content (AvgIpc) is 3.20. The van der Waals surface area contributed by atoms with Gasteiger partial charge in [0.25, 0.3) is 5.91 Å². The molecule has 1 aromatic carbocycles. The number of aliphatic hydroxyl groups excluding tert-OH is 1. The van der Waals surface area contributed by atoms with Crippen LogP contribution in [0.4, 0.5) is 0 Å². The van der Waals surface area contributed by atoms with Gasteiger partial charge in [0, 0.05) is 5.56 Å². The molecule has 1 aromatic heterocycles. The Morgan fingerprint density at radius 2 is 2.41 bits per heavy atom. The summed E-state index contributed by atoms with van der Waals surface area (Å²) in [7, 11) is 0. The first-order chi connectivity index (χ1) is 10.8. The molecule has 0 radical (unpaired) electrons. The van der Waals surface area contributed by atoms with E-state index in [2.05, 4.69) is 15.5 Å². The third-order valence-electron chi connectivity index (χ3n) is 3.48. The molecule has 0 spiro atoms. The molecule has 0 aliphatic carbocycles. The number of ether oxygens (including phenoxy) is 2. The van der Waals surface area contributed by atoms with E-state index in [1.165, 1.54) is 0 Å². The molecule has 2 heterocycles. The van der Waals surface area contributed by atoms with Gasteiger partial charge in [0.05, 0.1) is 38.3 Å². The molecule has 2 atom stereocenters. The minimum atomic E-state index is -0.262. The van der Waals surface area contributed by atoms with Crippen LogP contribution in [0.1, 0.15) is 15.9 Å². The third-order valence-corrected chi connectivity index (χ3v) is 3.48. The molecule has 0 unspecified atom stereocenters. The Morgan fingerprint density at radius 3 is 3.18 bits per heavy atom. The summed E-state index contributed by atoms with van der Waals surface area (Å²) in [6.45, 7) is 0.709. The number of hydrogen-bond acceptors (Lipinski definition) is 5. The van der Waals surface area contributed by atoms with Gasteiger partial charge >= 0.3 is 0 Å². The molecule has 1 fully saturated rings. The number of benzene rings is 1. The van der Waals surface area contributed by atoms with Gasteiger partial charge in [-0.3, -0.25) is 9.89 Å². The predicted octanol–water partition coefficient (Wildman–Crippen LogP) is 0.478. The van der Waals surface area contributed by atoms with Gasteiger partial charge in [0.15, 0.2) is 5.75 Å². The molecule has 7 nitrogen and oxygen atoms in total. The van der Waals surface area contributed by atoms with Crippen LogP contribution >= 0.6 is 0 Å². The lowest BCUT2D eigenvalue weighted by atomic mass is 10.1. The van der Waals surface area contributed by atoms with Crippen LogP contribution in [0.25, 0.3) is 0 Å². The summed E-state index contributed by atoms with van der Waals surface area (Å²) in [5.74, 6) is 0.392. The number of nitrogens with zero attached hydrogens (tertiary/aromatic N) is 1. The zero-order chi connectivity index (χ0) is 15.4. The largest absolute Gasteiger partial charge is 0.482 e. The second kappa shape index (κ2) is 6.59. The number of amides is 1. The Kier molecular flexibility index (Phi) is 4.36. The molecule has 22 heavy (non-hydrogen) atoms. The van der Waals surface area contributed by atoms with Crippen molar-refractivity contribution >= 4 is 5.91 Å². The van der Waals surface area contributed by atoms with E-state index < -0.39 is 0 Å². The smallest absolute Gasteiger partial charge is 0.251 e. The fourth-order valence-electron chi connectivity index (χ4n) is 2.33. The maximum atomic E-state index is 12.3. The fourth-order valence-corrected chi connectivity index (χ4v) is 2.33. The number of aromatic nitrogens is 2. The van der Waals surface area contributed by atoms with Crippen molar-refractivity contribution < 1.29 is 19.4 Å². The maximum Gasteiger partial charge on any atom is 0.251 e. The van der Waals surface area contributed by atoms with Crippen LogP contribution in [0, 0.1) is 0 Å². The highest BCUT2D eigenvalue weighted by molar-refractivity contribution is 5.94. The summed E-state index contributed by atoms with van der Waals surface area (Å²) in [5, 5.41) is 18.5. The molecule has 116 valence electrons. The van der Waals surface area contributed by atoms with Gasteiger partial charge in [0.2, 0.25) is 0 Å². The van der Waals surface area contributed by atoms with Crippen LogP contribution in [0.2, 0.25) is 0 Å². The SMILES string of the molecule is O=C(N[C@H]1COC[C@H]1Oc1cn[nH]c1)c1cccc(CO)c1. The zero-order valence-corrected chi connectivity index (χ0v) is 11.9. The maximum absolute atomic E-state index is 12.3. The quantitative estimate of drug-likeness (QED) is 0.746. The molecule has 0 saturated carbocycles. The van der Waals surface area contributed by atoms with Crippen molar-refractivity contribution in [3.05, 3.63) is 47.8 Å². The van der Waals surface area contributed by atoms with Gasteiger partial charge in [-0.05, 0) is 17.7 Å². The van der Waals surface area contributed by atoms with Gasteiger partial charge in [-0.2, -0.15) is 5.10 Å². The normalized spacial score (nSPS) is 20.8. The first-order valence-corrected chi connectivity index (χ1v) is 7.00. The van der Waals surface area contributed by atoms with Crippen molar-refractivity contribution in [1.29, 1.82) is 0 Å². The Morgan fingerprint density at radius 1 is 1.50 bits per heavy atom. The van der Waals surface area contributed by atoms with E-state index in [0.29, 0.717) is 30.1 Å². The second-order valence-corrected chi connectivity index (χ2v) is 5.07. The van der Waals surface area contributed by atoms with E-state index in [-0.39, 0.29) is 24.7 Å². The summed E-state index contributed by atoms with van der Waals surface area (Å²) in [4.78, 5) is 12.3. The van der Waals surface area contributed by atoms with E-state index in [4.69, 9.17) is 14.6 Å². The lowest BCUT2D eigenvalue weighted by molar-refractivity contribution is 0.0904. The Balaban J connectivity index is 1.64. The number of hydrogen-bond donors (Lipinski definition) is 3. The molecule has 1 saturated heterocycles. The second-order valence-electron chi connectivity index (χ2n) is 5.07. The van der Waals surface area contributed by atoms with Gasteiger partial charge in [-0.25, -0.2) is 0 Å². The summed E-state index contributed by atoms with van der Waals surface area (Å²) in [6.07, 6.45) is 2.95. The van der Waals surface area contributed by atoms with Gasteiger partial charge in [0.1, 0.15) is 6.10 Å². The lowest BCUT2D eigenvalue weighted by Crippen LogP contribution is -2.45. The Labute approximate surface area is 127 Å². The average molecular weight is 303 g/mol. The molecule has 1 amide bonds. The number of nitrogens with one attached hydrogen (secondary N) is 2. The fraction of sp³-hybridized carbons (Fsp3) is 0.333. The summed E-state index contributed by atoms with van der Waals surface area (Å²) >= 11 is 0. The number of rotatable bonds is 5. The van der Waals surface area contributed by atoms with Crippen LogP contribution in [-0.4, -0.2) is 46.6 Å². The minimum Gasteiger partial charge on any atom is -0.482 e. The van der Waals surface area contributed by atoms with E-state index >= 15 is 0 Å². The number of carbonyl (C=O) groups is 1. The highest BCUT2D eigenvalue weighted by atomic mass is 16.5. The van der Waals surface area contributed by atoms with E-state index in [1.807, 2.05) is 0 Å². The van der Waals surface area contributed by atoms with Crippen LogP contribution in [0.3, 0.4) is 0 Å². The minimum absolute atomic E-state index is 0.0973. The summed E-state index contributed by atoms with van der Waals surface area (Å²) in [6, 6.07) is 6.64. The van der Waals surface area contributed by atoms with Crippen molar-refractivity contribution in [2.75, 3.05) is 13.2 Å². The van der Waals surface area contributed by atoms with E-state index in [1.54, 1.807) is 36.7 Å². The molecule has 1 aliphatic heterocycles. The Bertz CT molecular complexity index is 629. The first-order valence-electron chi connectivity index (χ1n) is 7.00. The molecule has 3 N–H and O–H groups in total. The van der Waals surface area contributed by atoms with Gasteiger partial charge in [-0.15, -0.1) is 0 Å². The van der Waals surface area contributed by atoms with Crippen molar-refractivity contribution in [3.8, 4) is 5.75 Å². The van der Waals surface area contributed by atoms with Crippen molar-refractivity contribution in [2.45, 2.75) is 18.8 Å². The predicted molar refractivity (Wildman–Crippen MR) is 77.4 cm³/mol. The third kappa shape index (κ3) is 3.26. The molecule has 7 heteroatoms. The monoisotopic (exact) mass is 303 g/mol. The number of H-pyrrole nitrogens is 1. The molecule has 2 aromatic rings. The van der Waals surface area contributed by atoms with Gasteiger partial charge in [-0.1, -0.05) is 12.1 Å². The highest BCUT2D eigenvalue weighted by Crippen LogP contribution is 2.16. The summed E-state index contributed by atoms with van der Waals surface area (Å²) < 4.78 is 11.1. The summed E-state index contributed by atoms with van der Waals surface area (Å²) in [5.41, 5.74) is 1.20. The van der Waals surface area contributed by atoms with Crippen LogP contribution < -0.4 is 10.1 Å². The molecular formula is C15H17N3O4. The van der Waals surface area contributed by atoms with Crippen molar-refractivity contribution in [3.63, 3.8) is 0 Å². The standard InChI is InChI=1S/C15H17N3O4/c19-7-10-2-1-3-11(4-10)15(20)18-13-8-21-9-14(13)22-12-5-16-17-6-12/h1-6,13-14,19H,7-9H2,(H,16,17)(H,18,20)/t13-,14+/m0/s1. The molecular weight excluding hydrogens is 286 g/mol. The molecule has 0 bridgehead atoms. The zero-order valence-electron chi connectivity index (χ0n) is 11.9. The van der Waals surface area contributed by atoms with Crippen LogP contribution in [-0.2, 0) is 11.3 Å². The van der Waals surface area contributed by atoms with Crippen molar-refractivity contribution in [1.82, 2.24) is 15.5 Å². The first kappa shape index (κ1) is 14.6. The van der Waals surface area contributed by atoms with Crippen LogP contribution in [0.5, 0.6) is 5.75 Å². The Hall–Kier alpha value is -2.38. The molecule has 3 rings (SSSR count). The molecule has 1 aliphatic rings. The number of aliphatic hydroxyl groups is 1. The van der Waals surface area contributed by atoms with Crippen LogP contribution in [0.15, 0.2) is 36.7 Å². The topological polar surface area (TPSA) is 96.5 Å².